The van der Waals surface area contributed by atoms with Crippen LogP contribution in [0.3, 0.4) is 0 Å². The largest absolute Gasteiger partial charge is 0.457 e. The number of ketones is 1. The van der Waals surface area contributed by atoms with Gasteiger partial charge in [-0.1, -0.05) is 123 Å². The molecule has 8 unspecified atom stereocenters. The van der Waals surface area contributed by atoms with Crippen molar-refractivity contribution in [3.63, 3.8) is 0 Å². The fourth-order valence-corrected chi connectivity index (χ4v) is 10.6. The van der Waals surface area contributed by atoms with E-state index in [-0.39, 0.29) is 52.8 Å². The zero-order valence-corrected chi connectivity index (χ0v) is 29.5. The highest BCUT2D eigenvalue weighted by molar-refractivity contribution is 6.01. The fraction of sp³-hybridized carbons (Fsp3) is 0.378. The monoisotopic (exact) mass is 682 g/mol. The molecule has 262 valence electrons. The molecule has 8 rings (SSSR count). The summed E-state index contributed by atoms with van der Waals surface area (Å²) in [5.41, 5.74) is 3.24. The van der Waals surface area contributed by atoms with Crippen LogP contribution in [-0.4, -0.2) is 29.1 Å². The number of fused-ring (bicyclic) bond motifs is 5. The zero-order chi connectivity index (χ0) is 35.4. The first-order valence-electron chi connectivity index (χ1n) is 18.3. The van der Waals surface area contributed by atoms with Crippen LogP contribution in [0.2, 0.25) is 0 Å². The predicted octanol–water partition coefficient (Wildman–Crippen LogP) is 8.84. The normalized spacial score (nSPS) is 31.3. The first-order chi connectivity index (χ1) is 24.6. The van der Waals surface area contributed by atoms with E-state index < -0.39 is 17.7 Å². The fourth-order valence-electron chi connectivity index (χ4n) is 10.6. The number of aliphatic hydroxyl groups excluding tert-OH is 1. The summed E-state index contributed by atoms with van der Waals surface area (Å²) in [5, 5.41) is 11.8. The predicted molar refractivity (Wildman–Crippen MR) is 194 cm³/mol. The van der Waals surface area contributed by atoms with E-state index >= 15 is 0 Å². The van der Waals surface area contributed by atoms with E-state index in [0.29, 0.717) is 12.3 Å². The van der Waals surface area contributed by atoms with Gasteiger partial charge in [-0.25, -0.2) is 4.79 Å². The minimum absolute atomic E-state index is 0.0315. The van der Waals surface area contributed by atoms with E-state index in [2.05, 4.69) is 57.2 Å². The molecule has 0 amide bonds. The Kier molecular flexibility index (Phi) is 8.51. The minimum atomic E-state index is -0.903. The molecule has 3 saturated carbocycles. The Labute approximate surface area is 300 Å². The number of furan rings is 1. The molecular formula is C45H46O6. The average molecular weight is 683 g/mol. The number of allylic oxidation sites excluding steroid dienone is 4. The van der Waals surface area contributed by atoms with Gasteiger partial charge in [-0.3, -0.25) is 4.79 Å². The van der Waals surface area contributed by atoms with Crippen LogP contribution in [0.5, 0.6) is 0 Å². The molecule has 1 N–H and O–H groups in total. The quantitative estimate of drug-likeness (QED) is 0.148. The van der Waals surface area contributed by atoms with Gasteiger partial charge in [-0.15, -0.1) is 0 Å². The van der Waals surface area contributed by atoms with Gasteiger partial charge in [0.05, 0.1) is 19.0 Å². The SMILES string of the molecule is CC1CC2C3CCC4=CC(=O)C=CC4(C)C3C(O)CC2(C)C1OC(=O)c1cc(COC(c2ccccc2)(c2ccccc2)c2ccccc2)co1. The van der Waals surface area contributed by atoms with Crippen LogP contribution in [0.15, 0.2) is 132 Å². The Morgan fingerprint density at radius 1 is 0.941 bits per heavy atom. The number of benzene rings is 3. The lowest BCUT2D eigenvalue weighted by molar-refractivity contribution is -0.133. The van der Waals surface area contributed by atoms with Gasteiger partial charge in [0.15, 0.2) is 5.78 Å². The Morgan fingerprint density at radius 2 is 1.55 bits per heavy atom. The summed E-state index contributed by atoms with van der Waals surface area (Å²) in [6.45, 7) is 6.74. The van der Waals surface area contributed by atoms with Gasteiger partial charge in [-0.2, -0.15) is 0 Å². The second kappa shape index (κ2) is 12.9. The molecule has 6 nitrogen and oxygen atoms in total. The van der Waals surface area contributed by atoms with Crippen LogP contribution >= 0.6 is 0 Å². The lowest BCUT2D eigenvalue weighted by atomic mass is 9.47. The molecule has 3 fully saturated rings. The van der Waals surface area contributed by atoms with Crippen molar-refractivity contribution in [2.75, 3.05) is 0 Å². The van der Waals surface area contributed by atoms with Gasteiger partial charge in [0, 0.05) is 22.3 Å². The maximum atomic E-state index is 13.8. The second-order valence-corrected chi connectivity index (χ2v) is 15.7. The van der Waals surface area contributed by atoms with E-state index in [1.807, 2.05) is 60.7 Å². The van der Waals surface area contributed by atoms with Crippen molar-refractivity contribution in [1.29, 1.82) is 0 Å². The molecule has 8 atom stereocenters. The number of ether oxygens (including phenoxy) is 2. The van der Waals surface area contributed by atoms with E-state index in [1.54, 1.807) is 24.5 Å². The van der Waals surface area contributed by atoms with Crippen molar-refractivity contribution < 1.29 is 28.6 Å². The summed E-state index contributed by atoms with van der Waals surface area (Å²) >= 11 is 0. The first kappa shape index (κ1) is 33.6. The molecule has 0 bridgehead atoms. The van der Waals surface area contributed by atoms with E-state index in [4.69, 9.17) is 13.9 Å². The number of carbonyl (C=O) groups excluding carboxylic acids is 2. The number of carbonyl (C=O) groups is 2. The van der Waals surface area contributed by atoms with Crippen molar-refractivity contribution >= 4 is 11.8 Å². The van der Waals surface area contributed by atoms with Crippen molar-refractivity contribution in [3.8, 4) is 0 Å². The maximum Gasteiger partial charge on any atom is 0.374 e. The van der Waals surface area contributed by atoms with Gasteiger partial charge in [0.1, 0.15) is 11.7 Å². The van der Waals surface area contributed by atoms with Gasteiger partial charge >= 0.3 is 5.97 Å². The molecular weight excluding hydrogens is 636 g/mol. The summed E-state index contributed by atoms with van der Waals surface area (Å²) in [6, 6.07) is 32.3. The van der Waals surface area contributed by atoms with E-state index in [9.17, 15) is 14.7 Å². The highest BCUT2D eigenvalue weighted by Gasteiger charge is 2.64. The minimum Gasteiger partial charge on any atom is -0.457 e. The Bertz CT molecular complexity index is 1860. The lowest BCUT2D eigenvalue weighted by Gasteiger charge is -2.58. The third kappa shape index (κ3) is 5.55. The van der Waals surface area contributed by atoms with Gasteiger partial charge in [0.2, 0.25) is 5.76 Å². The van der Waals surface area contributed by atoms with Crippen LogP contribution in [0, 0.1) is 34.5 Å². The van der Waals surface area contributed by atoms with E-state index in [1.165, 1.54) is 0 Å². The lowest BCUT2D eigenvalue weighted by Crippen LogP contribution is -2.57. The molecule has 3 aromatic carbocycles. The van der Waals surface area contributed by atoms with Crippen molar-refractivity contribution in [1.82, 2.24) is 0 Å². The molecule has 51 heavy (non-hydrogen) atoms. The summed E-state index contributed by atoms with van der Waals surface area (Å²) < 4.78 is 19.2. The summed E-state index contributed by atoms with van der Waals surface area (Å²) in [7, 11) is 0. The van der Waals surface area contributed by atoms with Crippen LogP contribution in [0.25, 0.3) is 0 Å². The highest BCUT2D eigenvalue weighted by atomic mass is 16.6. The Hall–Kier alpha value is -4.52. The standard InChI is InChI=1S/C45H46O6/c1-29-23-37-36-20-19-34-25-35(46)21-22-43(34,2)40(36)38(47)26-44(37,3)41(29)51-42(48)39-24-30(27-49-39)28-50-45(31-13-7-4-8-14-31,32-15-9-5-10-16-32)33-17-11-6-12-18-33/h4-18,21-22,24-25,27,29,36-38,40-41,47H,19-20,23,26,28H2,1-3H3. The number of hydrogen-bond donors (Lipinski definition) is 1. The molecule has 4 aliphatic carbocycles. The van der Waals surface area contributed by atoms with Crippen LogP contribution in [0.1, 0.15) is 79.3 Å². The smallest absolute Gasteiger partial charge is 0.374 e. The molecule has 0 aliphatic heterocycles. The number of hydrogen-bond acceptors (Lipinski definition) is 6. The topological polar surface area (TPSA) is 86.0 Å². The molecule has 1 aromatic heterocycles. The molecule has 0 spiro atoms. The second-order valence-electron chi connectivity index (χ2n) is 15.7. The molecule has 4 aromatic rings. The van der Waals surface area contributed by atoms with Gasteiger partial charge < -0.3 is 19.0 Å². The number of esters is 1. The summed E-state index contributed by atoms with van der Waals surface area (Å²) in [4.78, 5) is 26.0. The maximum absolute atomic E-state index is 13.8. The van der Waals surface area contributed by atoms with Crippen LogP contribution < -0.4 is 0 Å². The summed E-state index contributed by atoms with van der Waals surface area (Å²) in [6.07, 6.45) is 9.39. The third-order valence-electron chi connectivity index (χ3n) is 12.8. The van der Waals surface area contributed by atoms with Gasteiger partial charge in [0.25, 0.3) is 0 Å². The molecule has 0 saturated heterocycles. The molecule has 0 radical (unpaired) electrons. The van der Waals surface area contributed by atoms with Gasteiger partial charge in [-0.05, 0) is 78.3 Å². The number of aliphatic hydroxyl groups is 1. The first-order valence-corrected chi connectivity index (χ1v) is 18.3. The van der Waals surface area contributed by atoms with Crippen LogP contribution in [0.4, 0.5) is 0 Å². The number of rotatable bonds is 8. The van der Waals surface area contributed by atoms with Crippen LogP contribution in [-0.2, 0) is 26.5 Å². The molecule has 6 heteroatoms. The molecule has 4 aliphatic rings. The average Bonchev–Trinajstić information content (AvgIpc) is 3.72. The van der Waals surface area contributed by atoms with Crippen molar-refractivity contribution in [3.05, 3.63) is 155 Å². The van der Waals surface area contributed by atoms with Crippen molar-refractivity contribution in [2.24, 2.45) is 34.5 Å². The van der Waals surface area contributed by atoms with Crippen molar-refractivity contribution in [2.45, 2.75) is 70.9 Å². The van der Waals surface area contributed by atoms with E-state index in [0.717, 1.165) is 47.1 Å². The Balaban J connectivity index is 1.02. The zero-order valence-electron chi connectivity index (χ0n) is 29.5. The Morgan fingerprint density at radius 3 is 2.16 bits per heavy atom. The summed E-state index contributed by atoms with van der Waals surface area (Å²) in [5.74, 6) is 0.415. The molecule has 1 heterocycles. The highest BCUT2D eigenvalue weighted by Crippen LogP contribution is 2.66. The third-order valence-corrected chi connectivity index (χ3v) is 12.8.